The smallest absolute Gasteiger partial charge is 0.355 e. The Morgan fingerprint density at radius 2 is 2.04 bits per heavy atom. The molecule has 0 aliphatic rings. The third-order valence-electron chi connectivity index (χ3n) is 3.67. The second-order valence-electron chi connectivity index (χ2n) is 5.52. The van der Waals surface area contributed by atoms with E-state index >= 15 is 0 Å². The summed E-state index contributed by atoms with van der Waals surface area (Å²) in [6, 6.07) is 9.26. The summed E-state index contributed by atoms with van der Waals surface area (Å²) < 4.78 is 7.99. The minimum atomic E-state index is -1.01. The summed E-state index contributed by atoms with van der Waals surface area (Å²) in [6.45, 7) is 4.61. The largest absolute Gasteiger partial charge is 0.494 e. The number of aromatic nitrogens is 2. The number of hydrogen-bond donors (Lipinski definition) is 1. The molecule has 0 bridgehead atoms. The van der Waals surface area contributed by atoms with Crippen molar-refractivity contribution in [1.82, 2.24) is 9.38 Å². The maximum absolute atomic E-state index is 11.8. The number of halogens is 1. The molecule has 0 atom stereocenters. The summed E-state index contributed by atoms with van der Waals surface area (Å²) in [4.78, 5) is 16.4. The second kappa shape index (κ2) is 6.65. The summed E-state index contributed by atoms with van der Waals surface area (Å²) in [5.41, 5.74) is 2.88. The number of carboxylic acids is 1. The number of carbonyl (C=O) groups is 1. The van der Waals surface area contributed by atoms with Gasteiger partial charge in [-0.15, -0.1) is 0 Å². The lowest BCUT2D eigenvalue weighted by atomic mass is 10.1. The van der Waals surface area contributed by atoms with E-state index in [0.29, 0.717) is 17.9 Å². The Morgan fingerprint density at radius 3 is 2.67 bits per heavy atom. The number of nitrogens with zero attached hydrogens (tertiary/aromatic N) is 2. The Hall–Kier alpha value is -2.34. The van der Waals surface area contributed by atoms with E-state index in [1.54, 1.807) is 10.6 Å². The van der Waals surface area contributed by atoms with Crippen molar-refractivity contribution in [1.29, 1.82) is 0 Å². The number of fused-ring (bicyclic) bond motifs is 1. The molecule has 0 radical (unpaired) electrons. The van der Waals surface area contributed by atoms with E-state index in [1.165, 1.54) is 0 Å². The summed E-state index contributed by atoms with van der Waals surface area (Å²) in [7, 11) is 0. The summed E-state index contributed by atoms with van der Waals surface area (Å²) in [5, 5.41) is 9.67. The van der Waals surface area contributed by atoms with Gasteiger partial charge in [-0.1, -0.05) is 6.92 Å². The van der Waals surface area contributed by atoms with E-state index < -0.39 is 5.97 Å². The van der Waals surface area contributed by atoms with E-state index in [1.807, 2.05) is 44.2 Å². The summed E-state index contributed by atoms with van der Waals surface area (Å²) in [6.07, 6.45) is 2.66. The van der Waals surface area contributed by atoms with Crippen LogP contribution in [0.5, 0.6) is 5.75 Å². The van der Waals surface area contributed by atoms with Crippen LogP contribution >= 0.6 is 15.9 Å². The zero-order valence-electron chi connectivity index (χ0n) is 13.4. The van der Waals surface area contributed by atoms with Crippen molar-refractivity contribution in [2.24, 2.45) is 0 Å². The van der Waals surface area contributed by atoms with Gasteiger partial charge in [-0.05, 0) is 65.2 Å². The van der Waals surface area contributed by atoms with E-state index in [9.17, 15) is 9.90 Å². The van der Waals surface area contributed by atoms with Gasteiger partial charge < -0.3 is 9.84 Å². The molecule has 124 valence electrons. The van der Waals surface area contributed by atoms with Crippen molar-refractivity contribution in [3.05, 3.63) is 52.3 Å². The van der Waals surface area contributed by atoms with Gasteiger partial charge in [0.05, 0.1) is 6.61 Å². The lowest BCUT2D eigenvalue weighted by molar-refractivity contribution is 0.0690. The van der Waals surface area contributed by atoms with Crippen molar-refractivity contribution < 1.29 is 14.6 Å². The van der Waals surface area contributed by atoms with E-state index in [4.69, 9.17) is 4.74 Å². The highest BCUT2D eigenvalue weighted by atomic mass is 79.9. The van der Waals surface area contributed by atoms with Gasteiger partial charge in [0.1, 0.15) is 17.1 Å². The highest BCUT2D eigenvalue weighted by Gasteiger charge is 2.21. The van der Waals surface area contributed by atoms with Gasteiger partial charge >= 0.3 is 5.97 Å². The molecule has 1 N–H and O–H groups in total. The van der Waals surface area contributed by atoms with Gasteiger partial charge in [0.2, 0.25) is 0 Å². The first-order chi connectivity index (χ1) is 11.5. The molecule has 0 unspecified atom stereocenters. The molecule has 6 heteroatoms. The second-order valence-corrected chi connectivity index (χ2v) is 6.44. The Bertz CT molecular complexity index is 901. The van der Waals surface area contributed by atoms with Crippen LogP contribution in [0.1, 0.15) is 29.4 Å². The molecule has 3 rings (SSSR count). The third-order valence-corrected chi connectivity index (χ3v) is 4.11. The molecule has 0 aliphatic carbocycles. The number of aromatic carboxylic acids is 1. The quantitative estimate of drug-likeness (QED) is 0.695. The van der Waals surface area contributed by atoms with E-state index in [0.717, 1.165) is 27.8 Å². The average molecular weight is 389 g/mol. The van der Waals surface area contributed by atoms with Crippen LogP contribution in [0.4, 0.5) is 0 Å². The van der Waals surface area contributed by atoms with Crippen LogP contribution in [0.2, 0.25) is 0 Å². The van der Waals surface area contributed by atoms with Gasteiger partial charge in [0, 0.05) is 16.2 Å². The van der Waals surface area contributed by atoms with Crippen LogP contribution < -0.4 is 4.74 Å². The highest BCUT2D eigenvalue weighted by molar-refractivity contribution is 9.10. The molecule has 0 saturated carbocycles. The Balaban J connectivity index is 2.13. The SMILES string of the molecule is CCCOc1ccc(-c2nc3c(C)cc(Br)cn3c2C(=O)O)cc1. The van der Waals surface area contributed by atoms with Crippen LogP contribution in [0.25, 0.3) is 16.9 Å². The molecule has 2 aromatic heterocycles. The summed E-state index contributed by atoms with van der Waals surface area (Å²) >= 11 is 3.41. The predicted molar refractivity (Wildman–Crippen MR) is 95.8 cm³/mol. The number of aryl methyl sites for hydroxylation is 1. The molecule has 1 aromatic carbocycles. The first-order valence-electron chi connectivity index (χ1n) is 7.66. The fourth-order valence-corrected chi connectivity index (χ4v) is 3.15. The molecule has 3 aromatic rings. The standard InChI is InChI=1S/C18H17BrN2O3/c1-3-8-24-14-6-4-12(5-7-14)15-16(18(22)23)21-10-13(19)9-11(2)17(21)20-15/h4-7,9-10H,3,8H2,1-2H3,(H,22,23). The lowest BCUT2D eigenvalue weighted by Crippen LogP contribution is -2.04. The third kappa shape index (κ3) is 3.01. The van der Waals surface area contributed by atoms with Crippen LogP contribution in [-0.2, 0) is 0 Å². The van der Waals surface area contributed by atoms with Crippen LogP contribution in [0, 0.1) is 6.92 Å². The van der Waals surface area contributed by atoms with Gasteiger partial charge in [-0.25, -0.2) is 9.78 Å². The zero-order valence-corrected chi connectivity index (χ0v) is 15.0. The van der Waals surface area contributed by atoms with Crippen molar-refractivity contribution in [3.63, 3.8) is 0 Å². The molecule has 0 aliphatic heterocycles. The molecule has 24 heavy (non-hydrogen) atoms. The average Bonchev–Trinajstić information content (AvgIpc) is 2.93. The minimum absolute atomic E-state index is 0.150. The molecule has 2 heterocycles. The number of imidazole rings is 1. The molecule has 0 spiro atoms. The Morgan fingerprint density at radius 1 is 1.33 bits per heavy atom. The predicted octanol–water partition coefficient (Wildman–Crippen LogP) is 4.56. The monoisotopic (exact) mass is 388 g/mol. The van der Waals surface area contributed by atoms with Crippen molar-refractivity contribution in [3.8, 4) is 17.0 Å². The Kier molecular flexibility index (Phi) is 4.57. The normalized spacial score (nSPS) is 11.0. The fraction of sp³-hybridized carbons (Fsp3) is 0.222. The molecular formula is C18H17BrN2O3. The molecule has 0 fully saturated rings. The first-order valence-corrected chi connectivity index (χ1v) is 8.45. The van der Waals surface area contributed by atoms with Gasteiger partial charge in [-0.3, -0.25) is 4.40 Å². The molecular weight excluding hydrogens is 372 g/mol. The first kappa shape index (κ1) is 16.5. The maximum Gasteiger partial charge on any atom is 0.355 e. The maximum atomic E-state index is 11.8. The number of benzene rings is 1. The number of ether oxygens (including phenoxy) is 1. The molecule has 0 amide bonds. The van der Waals surface area contributed by atoms with Crippen molar-refractivity contribution in [2.75, 3.05) is 6.61 Å². The number of carboxylic acid groups (broad SMARTS) is 1. The minimum Gasteiger partial charge on any atom is -0.494 e. The topological polar surface area (TPSA) is 63.8 Å². The van der Waals surface area contributed by atoms with Crippen LogP contribution in [0.3, 0.4) is 0 Å². The van der Waals surface area contributed by atoms with Crippen molar-refractivity contribution in [2.45, 2.75) is 20.3 Å². The van der Waals surface area contributed by atoms with Crippen LogP contribution in [-0.4, -0.2) is 27.1 Å². The van der Waals surface area contributed by atoms with E-state index in [2.05, 4.69) is 20.9 Å². The fourth-order valence-electron chi connectivity index (χ4n) is 2.60. The van der Waals surface area contributed by atoms with Gasteiger partial charge in [-0.2, -0.15) is 0 Å². The Labute approximate surface area is 148 Å². The van der Waals surface area contributed by atoms with Crippen molar-refractivity contribution >= 4 is 27.5 Å². The van der Waals surface area contributed by atoms with E-state index in [-0.39, 0.29) is 5.69 Å². The zero-order chi connectivity index (χ0) is 17.3. The number of hydrogen-bond acceptors (Lipinski definition) is 3. The number of pyridine rings is 1. The molecule has 5 nitrogen and oxygen atoms in total. The highest BCUT2D eigenvalue weighted by Crippen LogP contribution is 2.29. The lowest BCUT2D eigenvalue weighted by Gasteiger charge is -2.05. The van der Waals surface area contributed by atoms with Gasteiger partial charge in [0.15, 0.2) is 5.69 Å². The van der Waals surface area contributed by atoms with Crippen LogP contribution in [0.15, 0.2) is 41.0 Å². The van der Waals surface area contributed by atoms with Gasteiger partial charge in [0.25, 0.3) is 0 Å². The summed E-state index contributed by atoms with van der Waals surface area (Å²) in [5.74, 6) is -0.249. The number of rotatable bonds is 5. The molecule has 0 saturated heterocycles.